The fourth-order valence-electron chi connectivity index (χ4n) is 1.11. The molecule has 1 aromatic rings. The molecule has 0 fully saturated rings. The molecule has 0 amide bonds. The lowest BCUT2D eigenvalue weighted by Gasteiger charge is -2.08. The average molecular weight is 169 g/mol. The molecule has 0 aliphatic rings. The van der Waals surface area contributed by atoms with Crippen molar-refractivity contribution in [3.63, 3.8) is 0 Å². The van der Waals surface area contributed by atoms with Crippen molar-refractivity contribution in [3.05, 3.63) is 5.82 Å². The number of hydrogen-bond donors (Lipinski definition) is 3. The fraction of sp³-hybridized carbons (Fsp3) is 0.714. The number of H-pyrrole nitrogens is 1. The van der Waals surface area contributed by atoms with E-state index in [2.05, 4.69) is 34.3 Å². The predicted octanol–water partition coefficient (Wildman–Crippen LogP) is -0.0726. The topological polar surface area (TPSA) is 79.6 Å². The van der Waals surface area contributed by atoms with E-state index in [1.54, 1.807) is 0 Å². The average Bonchev–Trinajstić information content (AvgIpc) is 2.36. The van der Waals surface area contributed by atoms with Crippen LogP contribution in [0.1, 0.15) is 19.7 Å². The number of nitrogens with one attached hydrogen (secondary N) is 2. The van der Waals surface area contributed by atoms with Crippen LogP contribution in [0.15, 0.2) is 0 Å². The van der Waals surface area contributed by atoms with Crippen molar-refractivity contribution in [1.82, 2.24) is 20.5 Å². The SMILES string of the molecule is CCNC(C)Cc1nc(N)n[nH]1. The highest BCUT2D eigenvalue weighted by Crippen LogP contribution is 1.97. The van der Waals surface area contributed by atoms with Crippen LogP contribution in [-0.4, -0.2) is 27.8 Å². The van der Waals surface area contributed by atoms with Gasteiger partial charge in [0.1, 0.15) is 5.82 Å². The summed E-state index contributed by atoms with van der Waals surface area (Å²) >= 11 is 0. The minimum Gasteiger partial charge on any atom is -0.367 e. The van der Waals surface area contributed by atoms with E-state index in [0.717, 1.165) is 18.8 Å². The van der Waals surface area contributed by atoms with Gasteiger partial charge in [0.2, 0.25) is 5.95 Å². The molecule has 0 aliphatic heterocycles. The number of aromatic amines is 1. The second kappa shape index (κ2) is 4.06. The van der Waals surface area contributed by atoms with Gasteiger partial charge in [-0.3, -0.25) is 5.10 Å². The van der Waals surface area contributed by atoms with Gasteiger partial charge in [-0.1, -0.05) is 6.92 Å². The van der Waals surface area contributed by atoms with Gasteiger partial charge in [-0.15, -0.1) is 5.10 Å². The van der Waals surface area contributed by atoms with Crippen LogP contribution in [0.3, 0.4) is 0 Å². The summed E-state index contributed by atoms with van der Waals surface area (Å²) in [6, 6.07) is 0.405. The maximum absolute atomic E-state index is 5.35. The maximum atomic E-state index is 5.35. The molecule has 68 valence electrons. The predicted molar refractivity (Wildman–Crippen MR) is 47.6 cm³/mol. The standard InChI is InChI=1S/C7H15N5/c1-3-9-5(2)4-6-10-7(8)12-11-6/h5,9H,3-4H2,1-2H3,(H3,8,10,11,12). The lowest BCUT2D eigenvalue weighted by atomic mass is 10.2. The molecular formula is C7H15N5. The zero-order valence-electron chi connectivity index (χ0n) is 7.46. The number of anilines is 1. The van der Waals surface area contributed by atoms with Crippen molar-refractivity contribution in [2.45, 2.75) is 26.3 Å². The van der Waals surface area contributed by atoms with Crippen LogP contribution >= 0.6 is 0 Å². The molecule has 0 radical (unpaired) electrons. The second-order valence-electron chi connectivity index (χ2n) is 2.80. The molecule has 0 aromatic carbocycles. The number of rotatable bonds is 4. The molecule has 1 atom stereocenters. The van der Waals surface area contributed by atoms with Crippen molar-refractivity contribution in [3.8, 4) is 0 Å². The molecule has 0 bridgehead atoms. The normalized spacial score (nSPS) is 13.2. The summed E-state index contributed by atoms with van der Waals surface area (Å²) in [4.78, 5) is 4.00. The first-order chi connectivity index (χ1) is 5.72. The van der Waals surface area contributed by atoms with E-state index >= 15 is 0 Å². The summed E-state index contributed by atoms with van der Waals surface area (Å²) in [5, 5.41) is 9.79. The largest absolute Gasteiger partial charge is 0.367 e. The Balaban J connectivity index is 2.41. The summed E-state index contributed by atoms with van der Waals surface area (Å²) in [5.41, 5.74) is 5.35. The van der Waals surface area contributed by atoms with Crippen LogP contribution in [0.4, 0.5) is 5.95 Å². The number of nitrogens with zero attached hydrogens (tertiary/aromatic N) is 2. The van der Waals surface area contributed by atoms with Crippen molar-refractivity contribution >= 4 is 5.95 Å². The monoisotopic (exact) mass is 169 g/mol. The van der Waals surface area contributed by atoms with Gasteiger partial charge >= 0.3 is 0 Å². The molecule has 1 aromatic heterocycles. The van der Waals surface area contributed by atoms with E-state index in [9.17, 15) is 0 Å². The van der Waals surface area contributed by atoms with Crippen LogP contribution in [-0.2, 0) is 6.42 Å². The second-order valence-corrected chi connectivity index (χ2v) is 2.80. The smallest absolute Gasteiger partial charge is 0.239 e. The zero-order chi connectivity index (χ0) is 8.97. The molecule has 0 saturated carbocycles. The molecule has 5 nitrogen and oxygen atoms in total. The first kappa shape index (κ1) is 8.99. The summed E-state index contributed by atoms with van der Waals surface area (Å²) in [5.74, 6) is 1.15. The van der Waals surface area contributed by atoms with E-state index in [-0.39, 0.29) is 0 Å². The Hall–Kier alpha value is -1.10. The van der Waals surface area contributed by atoms with E-state index < -0.39 is 0 Å². The number of aromatic nitrogens is 3. The fourth-order valence-corrected chi connectivity index (χ4v) is 1.11. The Labute approximate surface area is 71.8 Å². The first-order valence-electron chi connectivity index (χ1n) is 4.12. The molecule has 5 heteroatoms. The van der Waals surface area contributed by atoms with Gasteiger partial charge in [0.15, 0.2) is 0 Å². The number of likely N-dealkylation sites (N-methyl/N-ethyl adjacent to an activating group) is 1. The van der Waals surface area contributed by atoms with Crippen molar-refractivity contribution in [2.24, 2.45) is 0 Å². The highest BCUT2D eigenvalue weighted by Gasteiger charge is 2.04. The summed E-state index contributed by atoms with van der Waals surface area (Å²) in [6.07, 6.45) is 0.831. The minimum atomic E-state index is 0.314. The molecule has 4 N–H and O–H groups in total. The summed E-state index contributed by atoms with van der Waals surface area (Å²) < 4.78 is 0. The van der Waals surface area contributed by atoms with Crippen LogP contribution < -0.4 is 11.1 Å². The van der Waals surface area contributed by atoms with Gasteiger partial charge in [-0.2, -0.15) is 4.98 Å². The Morgan fingerprint density at radius 2 is 2.42 bits per heavy atom. The van der Waals surface area contributed by atoms with Crippen molar-refractivity contribution < 1.29 is 0 Å². The summed E-state index contributed by atoms with van der Waals surface area (Å²) in [6.45, 7) is 5.14. The first-order valence-corrected chi connectivity index (χ1v) is 4.12. The van der Waals surface area contributed by atoms with E-state index in [1.165, 1.54) is 0 Å². The van der Waals surface area contributed by atoms with Gasteiger partial charge < -0.3 is 11.1 Å². The van der Waals surface area contributed by atoms with Crippen molar-refractivity contribution in [1.29, 1.82) is 0 Å². The Morgan fingerprint density at radius 3 is 2.92 bits per heavy atom. The number of nitrogen functional groups attached to an aromatic ring is 1. The molecule has 1 rings (SSSR count). The van der Waals surface area contributed by atoms with Gasteiger partial charge in [0.25, 0.3) is 0 Å². The van der Waals surface area contributed by atoms with E-state index in [1.807, 2.05) is 0 Å². The molecule has 0 aliphatic carbocycles. The minimum absolute atomic E-state index is 0.314. The third-order valence-electron chi connectivity index (χ3n) is 1.60. The summed E-state index contributed by atoms with van der Waals surface area (Å²) in [7, 11) is 0. The van der Waals surface area contributed by atoms with Crippen LogP contribution in [0.5, 0.6) is 0 Å². The number of nitrogens with two attached hydrogens (primary N) is 1. The van der Waals surface area contributed by atoms with Crippen molar-refractivity contribution in [2.75, 3.05) is 12.3 Å². The third kappa shape index (κ3) is 2.50. The van der Waals surface area contributed by atoms with Gasteiger partial charge in [0, 0.05) is 12.5 Å². The van der Waals surface area contributed by atoms with E-state index in [0.29, 0.717) is 12.0 Å². The Kier molecular flexibility index (Phi) is 3.04. The maximum Gasteiger partial charge on any atom is 0.239 e. The molecule has 1 heterocycles. The quantitative estimate of drug-likeness (QED) is 0.589. The molecule has 0 spiro atoms. The molecule has 0 saturated heterocycles. The highest BCUT2D eigenvalue weighted by molar-refractivity contribution is 5.12. The van der Waals surface area contributed by atoms with Crippen LogP contribution in [0.25, 0.3) is 0 Å². The van der Waals surface area contributed by atoms with Gasteiger partial charge in [-0.25, -0.2) is 0 Å². The lowest BCUT2D eigenvalue weighted by molar-refractivity contribution is 0.553. The Morgan fingerprint density at radius 1 is 1.67 bits per heavy atom. The lowest BCUT2D eigenvalue weighted by Crippen LogP contribution is -2.28. The molecule has 1 unspecified atom stereocenters. The van der Waals surface area contributed by atoms with Crippen LogP contribution in [0, 0.1) is 0 Å². The molecule has 12 heavy (non-hydrogen) atoms. The van der Waals surface area contributed by atoms with Crippen LogP contribution in [0.2, 0.25) is 0 Å². The molecular weight excluding hydrogens is 154 g/mol. The Bertz CT molecular complexity index is 231. The van der Waals surface area contributed by atoms with Gasteiger partial charge in [-0.05, 0) is 13.5 Å². The van der Waals surface area contributed by atoms with Gasteiger partial charge in [0.05, 0.1) is 0 Å². The van der Waals surface area contributed by atoms with E-state index in [4.69, 9.17) is 5.73 Å². The highest BCUT2D eigenvalue weighted by atomic mass is 15.3. The zero-order valence-corrected chi connectivity index (χ0v) is 7.46. The number of hydrogen-bond acceptors (Lipinski definition) is 4. The third-order valence-corrected chi connectivity index (χ3v) is 1.60.